The molecular weight excluding hydrogens is 309 g/mol. The van der Waals surface area contributed by atoms with E-state index in [9.17, 15) is 13.2 Å². The van der Waals surface area contributed by atoms with Gasteiger partial charge in [-0.05, 0) is 10.4 Å². The van der Waals surface area contributed by atoms with E-state index in [0.29, 0.717) is 43.5 Å². The molecule has 12 heteroatoms. The summed E-state index contributed by atoms with van der Waals surface area (Å²) in [5.41, 5.74) is 0. The van der Waals surface area contributed by atoms with Crippen molar-refractivity contribution >= 4 is 22.4 Å². The molecule has 1 fully saturated rings. The molecular formula is C9H11F3N8S. The number of hydrogen-bond donors (Lipinski definition) is 0. The van der Waals surface area contributed by atoms with Gasteiger partial charge in [0.1, 0.15) is 0 Å². The smallest absolute Gasteiger partial charge is 0.343 e. The van der Waals surface area contributed by atoms with Crippen LogP contribution >= 0.6 is 11.3 Å². The number of rotatable bonds is 2. The minimum absolute atomic E-state index is 0.290. The Morgan fingerprint density at radius 1 is 1.00 bits per heavy atom. The fraction of sp³-hybridized carbons (Fsp3) is 0.667. The van der Waals surface area contributed by atoms with Crippen LogP contribution < -0.4 is 9.80 Å². The maximum atomic E-state index is 12.5. The highest BCUT2D eigenvalue weighted by molar-refractivity contribution is 7.15. The maximum absolute atomic E-state index is 12.5. The van der Waals surface area contributed by atoms with E-state index in [2.05, 4.69) is 25.7 Å². The van der Waals surface area contributed by atoms with Gasteiger partial charge in [-0.3, -0.25) is 0 Å². The Hall–Kier alpha value is -1.98. The average molecular weight is 320 g/mol. The third kappa shape index (κ3) is 2.75. The van der Waals surface area contributed by atoms with Crippen molar-refractivity contribution in [2.45, 2.75) is 6.18 Å². The summed E-state index contributed by atoms with van der Waals surface area (Å²) >= 11 is 0.563. The van der Waals surface area contributed by atoms with Crippen molar-refractivity contribution in [2.75, 3.05) is 36.0 Å². The van der Waals surface area contributed by atoms with Gasteiger partial charge in [0, 0.05) is 33.2 Å². The van der Waals surface area contributed by atoms with Crippen LogP contribution in [0.15, 0.2) is 0 Å². The fourth-order valence-corrected chi connectivity index (χ4v) is 2.81. The van der Waals surface area contributed by atoms with Gasteiger partial charge in [-0.1, -0.05) is 16.4 Å². The number of alkyl halides is 3. The Kier molecular flexibility index (Phi) is 3.39. The molecule has 2 aromatic heterocycles. The average Bonchev–Trinajstić information content (AvgIpc) is 3.07. The SMILES string of the molecule is Cn1nnnc1N1CCN(c2nnc(C(F)(F)F)s2)CC1. The van der Waals surface area contributed by atoms with Crippen molar-refractivity contribution in [3.8, 4) is 0 Å². The van der Waals surface area contributed by atoms with E-state index < -0.39 is 11.2 Å². The maximum Gasteiger partial charge on any atom is 0.445 e. The van der Waals surface area contributed by atoms with Gasteiger partial charge in [0.2, 0.25) is 16.1 Å². The monoisotopic (exact) mass is 320 g/mol. The summed E-state index contributed by atoms with van der Waals surface area (Å²) in [6, 6.07) is 0. The lowest BCUT2D eigenvalue weighted by molar-refractivity contribution is -0.138. The molecule has 0 aromatic carbocycles. The number of piperazine rings is 1. The first-order valence-electron chi connectivity index (χ1n) is 6.08. The van der Waals surface area contributed by atoms with Crippen LogP contribution in [0.5, 0.6) is 0 Å². The molecule has 0 aliphatic carbocycles. The Bertz CT molecular complexity index is 615. The molecule has 2 aromatic rings. The first-order valence-corrected chi connectivity index (χ1v) is 6.90. The van der Waals surface area contributed by atoms with E-state index in [1.165, 1.54) is 0 Å². The third-order valence-corrected chi connectivity index (χ3v) is 4.12. The molecule has 0 spiro atoms. The predicted molar refractivity (Wildman–Crippen MR) is 68.1 cm³/mol. The van der Waals surface area contributed by atoms with Crippen LogP contribution in [0.1, 0.15) is 5.01 Å². The number of tetrazole rings is 1. The summed E-state index contributed by atoms with van der Waals surface area (Å²) in [5.74, 6) is 0.642. The number of nitrogens with zero attached hydrogens (tertiary/aromatic N) is 8. The lowest BCUT2D eigenvalue weighted by atomic mass is 10.3. The zero-order chi connectivity index (χ0) is 15.0. The van der Waals surface area contributed by atoms with Crippen molar-refractivity contribution in [1.82, 2.24) is 30.4 Å². The molecule has 0 N–H and O–H groups in total. The predicted octanol–water partition coefficient (Wildman–Crippen LogP) is 0.407. The first kappa shape index (κ1) is 14.0. The molecule has 1 aliphatic rings. The van der Waals surface area contributed by atoms with Gasteiger partial charge >= 0.3 is 6.18 Å². The van der Waals surface area contributed by atoms with Crippen LogP contribution in [-0.4, -0.2) is 56.6 Å². The van der Waals surface area contributed by atoms with Gasteiger partial charge in [0.25, 0.3) is 0 Å². The van der Waals surface area contributed by atoms with Crippen molar-refractivity contribution in [2.24, 2.45) is 7.05 Å². The molecule has 114 valence electrons. The number of hydrogen-bond acceptors (Lipinski definition) is 8. The number of aromatic nitrogens is 6. The molecule has 1 aliphatic heterocycles. The number of anilines is 2. The number of halogens is 3. The van der Waals surface area contributed by atoms with Crippen LogP contribution in [0.2, 0.25) is 0 Å². The van der Waals surface area contributed by atoms with Crippen LogP contribution in [-0.2, 0) is 13.2 Å². The zero-order valence-electron chi connectivity index (χ0n) is 10.9. The van der Waals surface area contributed by atoms with Crippen molar-refractivity contribution < 1.29 is 13.2 Å². The molecule has 0 radical (unpaired) electrons. The zero-order valence-corrected chi connectivity index (χ0v) is 11.8. The highest BCUT2D eigenvalue weighted by Gasteiger charge is 2.36. The summed E-state index contributed by atoms with van der Waals surface area (Å²) in [6.45, 7) is 2.29. The molecule has 0 bridgehead atoms. The van der Waals surface area contributed by atoms with Gasteiger partial charge in [-0.25, -0.2) is 4.68 Å². The van der Waals surface area contributed by atoms with E-state index in [-0.39, 0.29) is 5.13 Å². The molecule has 3 rings (SSSR count). The molecule has 8 nitrogen and oxygen atoms in total. The molecule has 0 atom stereocenters. The van der Waals surface area contributed by atoms with E-state index in [0.717, 1.165) is 0 Å². The van der Waals surface area contributed by atoms with Gasteiger partial charge in [-0.2, -0.15) is 13.2 Å². The second-order valence-electron chi connectivity index (χ2n) is 4.46. The molecule has 0 amide bonds. The van der Waals surface area contributed by atoms with Gasteiger partial charge in [-0.15, -0.1) is 10.2 Å². The van der Waals surface area contributed by atoms with Crippen molar-refractivity contribution in [3.63, 3.8) is 0 Å². The number of aryl methyl sites for hydroxylation is 1. The highest BCUT2D eigenvalue weighted by atomic mass is 32.1. The highest BCUT2D eigenvalue weighted by Crippen LogP contribution is 2.34. The first-order chi connectivity index (χ1) is 9.95. The molecule has 0 saturated carbocycles. The fourth-order valence-electron chi connectivity index (χ4n) is 2.05. The summed E-state index contributed by atoms with van der Waals surface area (Å²) in [4.78, 5) is 3.76. The molecule has 0 unspecified atom stereocenters. The summed E-state index contributed by atoms with van der Waals surface area (Å²) in [5, 5.41) is 17.4. The van der Waals surface area contributed by atoms with Crippen LogP contribution in [0.4, 0.5) is 24.3 Å². The topological polar surface area (TPSA) is 75.9 Å². The second kappa shape index (κ2) is 5.09. The normalized spacial score (nSPS) is 16.6. The molecule has 3 heterocycles. The lowest BCUT2D eigenvalue weighted by Crippen LogP contribution is -2.47. The van der Waals surface area contributed by atoms with Gasteiger partial charge in [0.15, 0.2) is 0 Å². The molecule has 21 heavy (non-hydrogen) atoms. The Balaban J connectivity index is 1.66. The minimum Gasteiger partial charge on any atom is -0.343 e. The minimum atomic E-state index is -4.44. The van der Waals surface area contributed by atoms with Crippen LogP contribution in [0.3, 0.4) is 0 Å². The largest absolute Gasteiger partial charge is 0.445 e. The lowest BCUT2D eigenvalue weighted by Gasteiger charge is -2.34. The molecule has 1 saturated heterocycles. The van der Waals surface area contributed by atoms with Crippen molar-refractivity contribution in [1.29, 1.82) is 0 Å². The third-order valence-electron chi connectivity index (χ3n) is 3.09. The Morgan fingerprint density at radius 3 is 2.19 bits per heavy atom. The summed E-state index contributed by atoms with van der Waals surface area (Å²) < 4.78 is 39.1. The quantitative estimate of drug-likeness (QED) is 0.793. The van der Waals surface area contributed by atoms with Crippen molar-refractivity contribution in [3.05, 3.63) is 5.01 Å². The van der Waals surface area contributed by atoms with E-state index in [1.807, 2.05) is 4.90 Å². The van der Waals surface area contributed by atoms with Crippen LogP contribution in [0, 0.1) is 0 Å². The van der Waals surface area contributed by atoms with E-state index >= 15 is 0 Å². The Labute approximate surface area is 121 Å². The van der Waals surface area contributed by atoms with E-state index in [1.54, 1.807) is 16.6 Å². The summed E-state index contributed by atoms with van der Waals surface area (Å²) in [7, 11) is 1.74. The standard InChI is InChI=1S/C9H11F3N8S/c1-18-7(14-16-17-18)19-2-4-20(5-3-19)8-15-13-6(21-8)9(10,11)12/h2-5H2,1H3. The van der Waals surface area contributed by atoms with Gasteiger partial charge in [0.05, 0.1) is 0 Å². The Morgan fingerprint density at radius 2 is 1.67 bits per heavy atom. The van der Waals surface area contributed by atoms with E-state index in [4.69, 9.17) is 0 Å². The van der Waals surface area contributed by atoms with Crippen LogP contribution in [0.25, 0.3) is 0 Å². The van der Waals surface area contributed by atoms with Gasteiger partial charge < -0.3 is 9.80 Å². The second-order valence-corrected chi connectivity index (χ2v) is 5.42. The summed E-state index contributed by atoms with van der Waals surface area (Å²) in [6.07, 6.45) is -4.44.